The summed E-state index contributed by atoms with van der Waals surface area (Å²) in [7, 11) is 3.71. The molecule has 1 N–H and O–H groups in total. The summed E-state index contributed by atoms with van der Waals surface area (Å²) in [5.41, 5.74) is 0. The van der Waals surface area contributed by atoms with Crippen LogP contribution in [0.3, 0.4) is 0 Å². The van der Waals surface area contributed by atoms with Crippen molar-refractivity contribution in [1.82, 2.24) is 14.6 Å². The highest BCUT2D eigenvalue weighted by atomic mass is 35.7. The van der Waals surface area contributed by atoms with Gasteiger partial charge in [0.05, 0.1) is 0 Å². The Kier molecular flexibility index (Phi) is 8.43. The smallest absolute Gasteiger partial charge is 0.288 e. The molecule has 1 aliphatic rings. The van der Waals surface area contributed by atoms with Gasteiger partial charge in [-0.15, -0.1) is 66.5 Å². The predicted molar refractivity (Wildman–Crippen MR) is 109 cm³/mol. The highest BCUT2D eigenvalue weighted by Gasteiger charge is 2.44. The van der Waals surface area contributed by atoms with Gasteiger partial charge in [-0.25, -0.2) is 0 Å². The van der Waals surface area contributed by atoms with E-state index in [0.717, 1.165) is 0 Å². The largest absolute Gasteiger partial charge is 0.379 e. The molecule has 0 aromatic heterocycles. The zero-order valence-corrected chi connectivity index (χ0v) is 19.6. The van der Waals surface area contributed by atoms with E-state index in [1.54, 1.807) is 0 Å². The molecule has 21 heavy (non-hydrogen) atoms. The second-order valence-electron chi connectivity index (χ2n) is 5.66. The van der Waals surface area contributed by atoms with Gasteiger partial charge in [0.2, 0.25) is 6.69 Å². The summed E-state index contributed by atoms with van der Waals surface area (Å²) in [4.78, 5) is 0. The Balaban J connectivity index is 2.90. The van der Waals surface area contributed by atoms with E-state index in [-0.39, 0.29) is 6.98 Å². The number of nitrogens with zero attached hydrogens (tertiary/aromatic N) is 2. The second-order valence-corrected chi connectivity index (χ2v) is 29.9. The van der Waals surface area contributed by atoms with Gasteiger partial charge in [-0.2, -0.15) is 0 Å². The summed E-state index contributed by atoms with van der Waals surface area (Å²) in [6.07, 6.45) is 1.14. The zero-order chi connectivity index (χ0) is 16.5. The molecule has 3 nitrogen and oxygen atoms in total. The number of rotatable bonds is 6. The molecule has 2 radical (unpaired) electrons. The molecule has 1 rings (SSSR count). The van der Waals surface area contributed by atoms with Crippen molar-refractivity contribution in [3.63, 3.8) is 0 Å². The Morgan fingerprint density at radius 3 is 1.48 bits per heavy atom. The normalized spacial score (nSPS) is 19.4. The van der Waals surface area contributed by atoms with E-state index < -0.39 is 20.1 Å². The van der Waals surface area contributed by atoms with Crippen LogP contribution in [-0.2, 0) is 0 Å². The van der Waals surface area contributed by atoms with E-state index in [4.69, 9.17) is 66.5 Å². The Morgan fingerprint density at radius 2 is 1.19 bits per heavy atom. The van der Waals surface area contributed by atoms with Gasteiger partial charge < -0.3 is 14.6 Å². The van der Waals surface area contributed by atoms with Crippen LogP contribution in [0.15, 0.2) is 0 Å². The molecule has 0 unspecified atom stereocenters. The molecular formula is C6H16B3Cl6N3Si3. The van der Waals surface area contributed by atoms with E-state index >= 15 is 0 Å². The van der Waals surface area contributed by atoms with E-state index in [1.807, 2.05) is 34.7 Å². The van der Waals surface area contributed by atoms with Crippen LogP contribution in [0.5, 0.6) is 0 Å². The maximum Gasteiger partial charge on any atom is 0.288 e. The van der Waals surface area contributed by atoms with Crippen LogP contribution < -0.4 is 5.14 Å². The quantitative estimate of drug-likeness (QED) is 0.487. The van der Waals surface area contributed by atoms with Gasteiger partial charge in [0, 0.05) is 12.3 Å². The first-order valence-corrected chi connectivity index (χ1v) is 20.5. The average molecular weight is 460 g/mol. The van der Waals surface area contributed by atoms with Gasteiger partial charge in [0.15, 0.2) is 0 Å². The Hall–Kier alpha value is 2.47. The van der Waals surface area contributed by atoms with Crippen LogP contribution in [0.1, 0.15) is 0 Å². The maximum atomic E-state index is 6.33. The van der Waals surface area contributed by atoms with Crippen molar-refractivity contribution >= 4 is 109 Å². The molecule has 0 aromatic rings. The third-order valence-corrected chi connectivity index (χ3v) is 7.99. The number of nitrogens with one attached hydrogen (secondary N) is 1. The van der Waals surface area contributed by atoms with Gasteiger partial charge in [0.25, 0.3) is 35.5 Å². The van der Waals surface area contributed by atoms with Gasteiger partial charge in [-0.3, -0.25) is 0 Å². The third-order valence-electron chi connectivity index (χ3n) is 2.71. The third kappa shape index (κ3) is 9.50. The first-order chi connectivity index (χ1) is 9.27. The number of hydrogen-bond acceptors (Lipinski definition) is 3. The van der Waals surface area contributed by atoms with Gasteiger partial charge >= 0.3 is 0 Å². The number of halogens is 6. The summed E-state index contributed by atoms with van der Waals surface area (Å²) in [6, 6.07) is 0. The van der Waals surface area contributed by atoms with Crippen molar-refractivity contribution in [3.8, 4) is 0 Å². The molecule has 0 atom stereocenters. The lowest BCUT2D eigenvalue weighted by Gasteiger charge is -2.44. The monoisotopic (exact) mass is 457 g/mol. The van der Waals surface area contributed by atoms with Gasteiger partial charge in [-0.05, 0) is 25.6 Å². The molecule has 0 aromatic carbocycles. The molecule has 0 spiro atoms. The van der Waals surface area contributed by atoms with Crippen LogP contribution in [0, 0.1) is 0 Å². The first-order valence-electron chi connectivity index (χ1n) is 6.35. The molecular weight excluding hydrogens is 443 g/mol. The first kappa shape index (κ1) is 21.5. The molecule has 1 saturated heterocycles. The lowest BCUT2D eigenvalue weighted by Crippen LogP contribution is -2.70. The molecule has 1 aliphatic heterocycles. The molecule has 1 fully saturated rings. The van der Waals surface area contributed by atoms with E-state index in [1.165, 1.54) is 0 Å². The second kappa shape index (κ2) is 8.23. The summed E-state index contributed by atoms with van der Waals surface area (Å²) in [5, 5.41) is 3.09. The van der Waals surface area contributed by atoms with Crippen molar-refractivity contribution in [2.24, 2.45) is 0 Å². The van der Waals surface area contributed by atoms with E-state index in [2.05, 4.69) is 14.6 Å². The Bertz CT molecular complexity index is 327. The van der Waals surface area contributed by atoms with Crippen LogP contribution in [0.2, 0.25) is 25.6 Å². The van der Waals surface area contributed by atoms with Gasteiger partial charge in [-0.1, -0.05) is 0 Å². The molecule has 15 heteroatoms. The minimum atomic E-state index is -2.33. The zero-order valence-electron chi connectivity index (χ0n) is 12.0. The fourth-order valence-corrected chi connectivity index (χ4v) is 7.57. The minimum Gasteiger partial charge on any atom is -0.379 e. The Labute approximate surface area is 160 Å². The van der Waals surface area contributed by atoms with Crippen LogP contribution in [0.4, 0.5) is 0 Å². The summed E-state index contributed by atoms with van der Waals surface area (Å²) >= 11 is 37.8. The molecule has 1 heterocycles. The fourth-order valence-electron chi connectivity index (χ4n) is 2.09. The van der Waals surface area contributed by atoms with Crippen LogP contribution in [-0.4, -0.2) is 63.9 Å². The molecule has 0 amide bonds. The summed E-state index contributed by atoms with van der Waals surface area (Å²) in [5.74, 6) is 0.640. The standard InChI is InChI=1S/C6H16B3Cl6N3Si3/c1-19(10,11)4-9-17(5-20(2,12)13)7-16-8-18(9)6-21(3,14)15/h16H,4-6H2,1-3H3. The van der Waals surface area contributed by atoms with E-state index in [9.17, 15) is 0 Å². The van der Waals surface area contributed by atoms with Crippen molar-refractivity contribution in [2.75, 3.05) is 12.3 Å². The lowest BCUT2D eigenvalue weighted by atomic mass is 9.62. The van der Waals surface area contributed by atoms with Gasteiger partial charge in [0.1, 0.15) is 0 Å². The number of hydrogen-bond donors (Lipinski definition) is 1. The Morgan fingerprint density at radius 1 is 0.810 bits per heavy atom. The summed E-state index contributed by atoms with van der Waals surface area (Å²) < 4.78 is 4.10. The fraction of sp³-hybridized carbons (Fsp3) is 1.00. The van der Waals surface area contributed by atoms with E-state index in [0.29, 0.717) is 18.3 Å². The highest BCUT2D eigenvalue weighted by molar-refractivity contribution is 7.47. The minimum absolute atomic E-state index is 0.0356. The van der Waals surface area contributed by atoms with Crippen LogP contribution >= 0.6 is 66.5 Å². The average Bonchev–Trinajstić information content (AvgIpc) is 2.16. The highest BCUT2D eigenvalue weighted by Crippen LogP contribution is 2.27. The molecule has 0 aliphatic carbocycles. The summed E-state index contributed by atoms with van der Waals surface area (Å²) in [6.45, 7) is -1.35. The molecule has 0 saturated carbocycles. The predicted octanol–water partition coefficient (Wildman–Crippen LogP) is 3.02. The molecule has 0 bridgehead atoms. The maximum absolute atomic E-state index is 6.33. The van der Waals surface area contributed by atoms with Crippen molar-refractivity contribution in [3.05, 3.63) is 0 Å². The van der Waals surface area contributed by atoms with Crippen molar-refractivity contribution < 1.29 is 0 Å². The molecule has 118 valence electrons. The SMILES string of the molecule is C[Si](Cl)(Cl)CB1N(C[Si](C)(Cl)Cl)[B]N[B]N1C[Si](C)(Cl)Cl. The van der Waals surface area contributed by atoms with Crippen LogP contribution in [0.25, 0.3) is 0 Å². The van der Waals surface area contributed by atoms with Crippen molar-refractivity contribution in [2.45, 2.75) is 25.6 Å². The lowest BCUT2D eigenvalue weighted by molar-refractivity contribution is 0.619. The van der Waals surface area contributed by atoms with Crippen molar-refractivity contribution in [1.29, 1.82) is 0 Å². The topological polar surface area (TPSA) is 18.5 Å².